The Kier molecular flexibility index (Phi) is 6.59. The van der Waals surface area contributed by atoms with Gasteiger partial charge in [0.05, 0.1) is 32.6 Å². The molecule has 0 radical (unpaired) electrons. The molecule has 0 aliphatic heterocycles. The van der Waals surface area contributed by atoms with Crippen molar-refractivity contribution in [1.82, 2.24) is 9.38 Å². The fraction of sp³-hybridized carbons (Fsp3) is 0.261. The summed E-state index contributed by atoms with van der Waals surface area (Å²) in [6, 6.07) is 6.54. The summed E-state index contributed by atoms with van der Waals surface area (Å²) in [4.78, 5) is 28.9. The number of aromatic carboxylic acids is 1. The maximum absolute atomic E-state index is 13.0. The molecule has 0 saturated carbocycles. The molecule has 0 atom stereocenters. The van der Waals surface area contributed by atoms with E-state index in [1.807, 2.05) is 13.0 Å². The van der Waals surface area contributed by atoms with Crippen LogP contribution in [0.15, 0.2) is 35.3 Å². The van der Waals surface area contributed by atoms with Crippen molar-refractivity contribution in [1.29, 1.82) is 0 Å². The highest BCUT2D eigenvalue weighted by molar-refractivity contribution is 5.87. The van der Waals surface area contributed by atoms with Gasteiger partial charge in [-0.3, -0.25) is 9.20 Å². The first-order valence-electron chi connectivity index (χ1n) is 9.70. The van der Waals surface area contributed by atoms with Crippen LogP contribution in [0.25, 0.3) is 17.8 Å². The third-order valence-electron chi connectivity index (χ3n) is 4.82. The first-order valence-corrected chi connectivity index (χ1v) is 9.70. The van der Waals surface area contributed by atoms with E-state index in [2.05, 4.69) is 4.98 Å². The molecular formula is C23H24N2O6. The lowest BCUT2D eigenvalue weighted by Gasteiger charge is -2.13. The average Bonchev–Trinajstić information content (AvgIpc) is 2.78. The molecule has 162 valence electrons. The van der Waals surface area contributed by atoms with Crippen molar-refractivity contribution in [2.45, 2.75) is 19.8 Å². The molecule has 0 bridgehead atoms. The van der Waals surface area contributed by atoms with Crippen molar-refractivity contribution in [3.8, 4) is 17.2 Å². The van der Waals surface area contributed by atoms with Gasteiger partial charge in [0.15, 0.2) is 11.5 Å². The van der Waals surface area contributed by atoms with Crippen LogP contribution in [-0.4, -0.2) is 41.8 Å². The summed E-state index contributed by atoms with van der Waals surface area (Å²) in [6.45, 7) is 1.97. The molecule has 0 aliphatic rings. The molecule has 3 aromatic rings. The van der Waals surface area contributed by atoms with E-state index in [1.165, 1.54) is 29.8 Å². The van der Waals surface area contributed by atoms with Crippen LogP contribution in [0.1, 0.15) is 40.5 Å². The largest absolute Gasteiger partial charge is 0.493 e. The first kappa shape index (κ1) is 21.9. The number of ether oxygens (including phenoxy) is 3. The number of rotatable bonds is 8. The third kappa shape index (κ3) is 4.37. The van der Waals surface area contributed by atoms with E-state index < -0.39 is 5.97 Å². The van der Waals surface area contributed by atoms with Crippen LogP contribution in [0.2, 0.25) is 0 Å². The van der Waals surface area contributed by atoms with Gasteiger partial charge in [0.25, 0.3) is 5.56 Å². The van der Waals surface area contributed by atoms with Crippen LogP contribution < -0.4 is 19.8 Å². The smallest absolute Gasteiger partial charge is 0.337 e. The fourth-order valence-corrected chi connectivity index (χ4v) is 3.31. The topological polar surface area (TPSA) is 99.4 Å². The van der Waals surface area contributed by atoms with Crippen molar-refractivity contribution in [3.63, 3.8) is 0 Å². The van der Waals surface area contributed by atoms with Gasteiger partial charge < -0.3 is 19.3 Å². The van der Waals surface area contributed by atoms with Gasteiger partial charge in [-0.05, 0) is 42.3 Å². The summed E-state index contributed by atoms with van der Waals surface area (Å²) in [6.07, 6.45) is 6.14. The number of hydrogen-bond acceptors (Lipinski definition) is 6. The van der Waals surface area contributed by atoms with Gasteiger partial charge in [-0.15, -0.1) is 0 Å². The predicted octanol–water partition coefficient (Wildman–Crippen LogP) is 3.54. The Labute approximate surface area is 179 Å². The van der Waals surface area contributed by atoms with Crippen molar-refractivity contribution in [2.24, 2.45) is 0 Å². The number of hydrogen-bond donors (Lipinski definition) is 1. The van der Waals surface area contributed by atoms with E-state index in [4.69, 9.17) is 14.2 Å². The number of carboxylic acids is 1. The number of pyridine rings is 1. The second kappa shape index (κ2) is 9.34. The van der Waals surface area contributed by atoms with E-state index in [0.29, 0.717) is 40.6 Å². The molecule has 8 heteroatoms. The highest BCUT2D eigenvalue weighted by Crippen LogP contribution is 2.38. The molecule has 0 amide bonds. The maximum Gasteiger partial charge on any atom is 0.337 e. The Morgan fingerprint density at radius 3 is 2.32 bits per heavy atom. The number of aromatic nitrogens is 2. The lowest BCUT2D eigenvalue weighted by Crippen LogP contribution is -2.22. The normalized spacial score (nSPS) is 11.1. The third-order valence-corrected chi connectivity index (χ3v) is 4.82. The Hall–Kier alpha value is -3.81. The van der Waals surface area contributed by atoms with E-state index >= 15 is 0 Å². The van der Waals surface area contributed by atoms with Gasteiger partial charge in [0, 0.05) is 11.8 Å². The standard InChI is InChI=1S/C23H24N2O6/c1-5-6-16-17(24-20-10-8-15(23(27)28)13-25(20)22(16)26)9-7-14-11-18(29-2)21(31-4)19(12-14)30-3/h7-13H,5-6H2,1-4H3,(H,27,28). The number of nitrogens with zero attached hydrogens (tertiary/aromatic N) is 2. The molecule has 0 fully saturated rings. The molecule has 2 aromatic heterocycles. The average molecular weight is 424 g/mol. The molecule has 31 heavy (non-hydrogen) atoms. The van der Waals surface area contributed by atoms with E-state index in [1.54, 1.807) is 32.4 Å². The quantitative estimate of drug-likeness (QED) is 0.590. The predicted molar refractivity (Wildman–Crippen MR) is 117 cm³/mol. The molecule has 1 N–H and O–H groups in total. The van der Waals surface area contributed by atoms with Crippen LogP contribution in [-0.2, 0) is 6.42 Å². The van der Waals surface area contributed by atoms with Crippen LogP contribution in [0.4, 0.5) is 0 Å². The second-order valence-electron chi connectivity index (χ2n) is 6.77. The van der Waals surface area contributed by atoms with Crippen molar-refractivity contribution < 1.29 is 24.1 Å². The van der Waals surface area contributed by atoms with Gasteiger partial charge >= 0.3 is 5.97 Å². The van der Waals surface area contributed by atoms with Gasteiger partial charge in [0.1, 0.15) is 5.65 Å². The van der Waals surface area contributed by atoms with Crippen LogP contribution in [0.3, 0.4) is 0 Å². The molecule has 2 heterocycles. The molecule has 0 spiro atoms. The number of carbonyl (C=O) groups is 1. The lowest BCUT2D eigenvalue weighted by atomic mass is 10.1. The first-order chi connectivity index (χ1) is 14.9. The zero-order valence-corrected chi connectivity index (χ0v) is 17.8. The molecule has 8 nitrogen and oxygen atoms in total. The van der Waals surface area contributed by atoms with Crippen LogP contribution in [0, 0.1) is 0 Å². The zero-order valence-electron chi connectivity index (χ0n) is 17.8. The van der Waals surface area contributed by atoms with E-state index in [-0.39, 0.29) is 11.1 Å². The highest BCUT2D eigenvalue weighted by atomic mass is 16.5. The Balaban J connectivity index is 2.13. The SMILES string of the molecule is CCCc1c(C=Cc2cc(OC)c(OC)c(OC)c2)nc2ccc(C(=O)O)cn2c1=O. The summed E-state index contributed by atoms with van der Waals surface area (Å²) in [5, 5.41) is 9.22. The zero-order chi connectivity index (χ0) is 22.5. The number of carboxylic acid groups (broad SMARTS) is 1. The van der Waals surface area contributed by atoms with Gasteiger partial charge in [-0.25, -0.2) is 9.78 Å². The van der Waals surface area contributed by atoms with Gasteiger partial charge in [0.2, 0.25) is 5.75 Å². The number of benzene rings is 1. The van der Waals surface area contributed by atoms with Crippen LogP contribution in [0.5, 0.6) is 17.2 Å². The van der Waals surface area contributed by atoms with E-state index in [0.717, 1.165) is 12.0 Å². The number of fused-ring (bicyclic) bond motifs is 1. The van der Waals surface area contributed by atoms with Gasteiger partial charge in [-0.2, -0.15) is 0 Å². The van der Waals surface area contributed by atoms with Crippen molar-refractivity contribution >= 4 is 23.8 Å². The molecule has 3 rings (SSSR count). The Morgan fingerprint density at radius 2 is 1.77 bits per heavy atom. The maximum atomic E-state index is 13.0. The minimum absolute atomic E-state index is 0.0274. The molecular weight excluding hydrogens is 400 g/mol. The Morgan fingerprint density at radius 1 is 1.10 bits per heavy atom. The second-order valence-corrected chi connectivity index (χ2v) is 6.77. The van der Waals surface area contributed by atoms with Gasteiger partial charge in [-0.1, -0.05) is 19.4 Å². The molecule has 0 unspecified atom stereocenters. The molecule has 0 aliphatic carbocycles. The Bertz CT molecular complexity index is 1190. The minimum atomic E-state index is -1.10. The van der Waals surface area contributed by atoms with Crippen LogP contribution >= 0.6 is 0 Å². The highest BCUT2D eigenvalue weighted by Gasteiger charge is 2.14. The summed E-state index contributed by atoms with van der Waals surface area (Å²) in [7, 11) is 4.62. The van der Waals surface area contributed by atoms with E-state index in [9.17, 15) is 14.7 Å². The van der Waals surface area contributed by atoms with Crippen molar-refractivity contribution in [3.05, 3.63) is 63.2 Å². The lowest BCUT2D eigenvalue weighted by molar-refractivity contribution is 0.0696. The molecule has 0 saturated heterocycles. The minimum Gasteiger partial charge on any atom is -0.493 e. The fourth-order valence-electron chi connectivity index (χ4n) is 3.31. The summed E-state index contributed by atoms with van der Waals surface area (Å²) >= 11 is 0. The molecule has 1 aromatic carbocycles. The number of methoxy groups -OCH3 is 3. The summed E-state index contributed by atoms with van der Waals surface area (Å²) in [5.74, 6) is 0.424. The summed E-state index contributed by atoms with van der Waals surface area (Å²) in [5.41, 5.74) is 1.95. The monoisotopic (exact) mass is 424 g/mol. The van der Waals surface area contributed by atoms with Crippen molar-refractivity contribution in [2.75, 3.05) is 21.3 Å². The summed E-state index contributed by atoms with van der Waals surface area (Å²) < 4.78 is 17.4.